The van der Waals surface area contributed by atoms with Crippen molar-refractivity contribution in [3.8, 4) is 5.75 Å². The molecule has 1 aromatic carbocycles. The van der Waals surface area contributed by atoms with Gasteiger partial charge in [0.05, 0.1) is 22.9 Å². The number of halogens is 2. The van der Waals surface area contributed by atoms with E-state index in [1.54, 1.807) is 23.0 Å². The van der Waals surface area contributed by atoms with Gasteiger partial charge in [-0.05, 0) is 49.7 Å². The van der Waals surface area contributed by atoms with E-state index in [4.69, 9.17) is 40.2 Å². The van der Waals surface area contributed by atoms with Crippen molar-refractivity contribution in [1.82, 2.24) is 14.9 Å². The molecular formula is C16H20Cl2N4OS. The minimum Gasteiger partial charge on any atom is -0.491 e. The Morgan fingerprint density at radius 2 is 1.92 bits per heavy atom. The molecule has 8 heteroatoms. The summed E-state index contributed by atoms with van der Waals surface area (Å²) in [5, 5.41) is 12.4. The highest BCUT2D eigenvalue weighted by molar-refractivity contribution is 7.71. The number of H-pyrrole nitrogens is 1. The molecule has 0 fully saturated rings. The van der Waals surface area contributed by atoms with Gasteiger partial charge in [-0.2, -0.15) is 14.9 Å². The van der Waals surface area contributed by atoms with E-state index < -0.39 is 0 Å². The largest absolute Gasteiger partial charge is 0.491 e. The molecule has 2 rings (SSSR count). The number of nitrogens with zero attached hydrogens (tertiary/aromatic N) is 3. The first-order valence-electron chi connectivity index (χ1n) is 7.85. The van der Waals surface area contributed by atoms with Crippen LogP contribution in [0.1, 0.15) is 50.9 Å². The lowest BCUT2D eigenvalue weighted by atomic mass is 10.0. The van der Waals surface area contributed by atoms with Gasteiger partial charge in [-0.15, -0.1) is 0 Å². The SMILES string of the molecule is CCOc1c(Cl)cc(/C=N\n2c(C(CC)CC)n[nH]c2=S)cc1Cl. The van der Waals surface area contributed by atoms with Gasteiger partial charge < -0.3 is 4.74 Å². The van der Waals surface area contributed by atoms with Crippen LogP contribution in [0, 0.1) is 4.77 Å². The fourth-order valence-electron chi connectivity index (χ4n) is 2.39. The number of hydrogen-bond acceptors (Lipinski definition) is 4. The maximum atomic E-state index is 6.21. The number of nitrogens with one attached hydrogen (secondary N) is 1. The lowest BCUT2D eigenvalue weighted by molar-refractivity contribution is 0.340. The second-order valence-electron chi connectivity index (χ2n) is 5.20. The molecule has 0 atom stereocenters. The fourth-order valence-corrected chi connectivity index (χ4v) is 3.19. The molecule has 130 valence electrons. The molecule has 0 bridgehead atoms. The highest BCUT2D eigenvalue weighted by Gasteiger charge is 2.15. The lowest BCUT2D eigenvalue weighted by Crippen LogP contribution is -2.05. The van der Waals surface area contributed by atoms with E-state index in [1.165, 1.54) is 0 Å². The monoisotopic (exact) mass is 386 g/mol. The van der Waals surface area contributed by atoms with Crippen molar-refractivity contribution in [2.45, 2.75) is 39.5 Å². The third-order valence-electron chi connectivity index (χ3n) is 3.66. The Bertz CT molecular complexity index is 758. The van der Waals surface area contributed by atoms with Gasteiger partial charge in [0.2, 0.25) is 4.77 Å². The van der Waals surface area contributed by atoms with Crippen LogP contribution in [0.3, 0.4) is 0 Å². The Labute approximate surface area is 156 Å². The van der Waals surface area contributed by atoms with Crippen LogP contribution in [0.2, 0.25) is 10.0 Å². The van der Waals surface area contributed by atoms with E-state index >= 15 is 0 Å². The molecule has 0 aliphatic carbocycles. The van der Waals surface area contributed by atoms with Crippen molar-refractivity contribution >= 4 is 41.6 Å². The van der Waals surface area contributed by atoms with Crippen LogP contribution < -0.4 is 4.74 Å². The third kappa shape index (κ3) is 4.18. The maximum absolute atomic E-state index is 6.21. The van der Waals surface area contributed by atoms with E-state index in [1.807, 2.05) is 6.92 Å². The number of aromatic amines is 1. The number of hydrogen-bond donors (Lipinski definition) is 1. The van der Waals surface area contributed by atoms with Crippen LogP contribution in [0.25, 0.3) is 0 Å². The predicted molar refractivity (Wildman–Crippen MR) is 101 cm³/mol. The minimum atomic E-state index is 0.294. The maximum Gasteiger partial charge on any atom is 0.216 e. The van der Waals surface area contributed by atoms with Crippen molar-refractivity contribution < 1.29 is 4.74 Å². The first-order valence-corrected chi connectivity index (χ1v) is 9.01. The molecule has 0 unspecified atom stereocenters. The summed E-state index contributed by atoms with van der Waals surface area (Å²) in [5.41, 5.74) is 0.757. The molecule has 0 aliphatic rings. The van der Waals surface area contributed by atoms with Crippen LogP contribution >= 0.6 is 35.4 Å². The Balaban J connectivity index is 2.35. The Hall–Kier alpha value is -1.37. The third-order valence-corrected chi connectivity index (χ3v) is 4.48. The number of rotatable bonds is 7. The number of aromatic nitrogens is 3. The first-order chi connectivity index (χ1) is 11.5. The highest BCUT2D eigenvalue weighted by Crippen LogP contribution is 2.33. The predicted octanol–water partition coefficient (Wildman–Crippen LogP) is 5.43. The van der Waals surface area contributed by atoms with Gasteiger partial charge in [-0.3, -0.25) is 5.10 Å². The van der Waals surface area contributed by atoms with Crippen LogP contribution in [0.4, 0.5) is 0 Å². The average Bonchev–Trinajstić information content (AvgIpc) is 2.91. The van der Waals surface area contributed by atoms with Gasteiger partial charge in [0.25, 0.3) is 0 Å². The van der Waals surface area contributed by atoms with E-state index in [9.17, 15) is 0 Å². The lowest BCUT2D eigenvalue weighted by Gasteiger charge is -2.10. The first kappa shape index (κ1) is 19.0. The van der Waals surface area contributed by atoms with Crippen LogP contribution in [-0.4, -0.2) is 27.7 Å². The molecule has 0 aliphatic heterocycles. The summed E-state index contributed by atoms with van der Waals surface area (Å²) in [4.78, 5) is 0. The van der Waals surface area contributed by atoms with Gasteiger partial charge in [0, 0.05) is 5.92 Å². The second-order valence-corrected chi connectivity index (χ2v) is 6.40. The number of benzene rings is 1. The highest BCUT2D eigenvalue weighted by atomic mass is 35.5. The molecule has 24 heavy (non-hydrogen) atoms. The molecule has 2 aromatic rings. The summed E-state index contributed by atoms with van der Waals surface area (Å²) in [5.74, 6) is 1.60. The number of ether oxygens (including phenoxy) is 1. The summed E-state index contributed by atoms with van der Waals surface area (Å²) >= 11 is 17.7. The van der Waals surface area contributed by atoms with Gasteiger partial charge in [0.1, 0.15) is 0 Å². The quantitative estimate of drug-likeness (QED) is 0.509. The zero-order chi connectivity index (χ0) is 17.7. The standard InChI is InChI=1S/C16H20Cl2N4OS/c1-4-11(5-2)15-20-21-16(24)22(15)19-9-10-7-12(17)14(23-6-3)13(18)8-10/h7-9,11H,4-6H2,1-3H3,(H,21,24)/b19-9-. The van der Waals surface area contributed by atoms with E-state index in [0.717, 1.165) is 24.2 Å². The van der Waals surface area contributed by atoms with Gasteiger partial charge >= 0.3 is 0 Å². The molecule has 5 nitrogen and oxygen atoms in total. The molecule has 1 aromatic heterocycles. The van der Waals surface area contributed by atoms with Crippen molar-refractivity contribution in [1.29, 1.82) is 0 Å². The van der Waals surface area contributed by atoms with E-state index in [-0.39, 0.29) is 0 Å². The normalized spacial score (nSPS) is 11.6. The summed E-state index contributed by atoms with van der Waals surface area (Å²) in [6.45, 7) is 6.61. The van der Waals surface area contributed by atoms with Crippen LogP contribution in [0.15, 0.2) is 17.2 Å². The molecule has 1 heterocycles. The fraction of sp³-hybridized carbons (Fsp3) is 0.438. The summed E-state index contributed by atoms with van der Waals surface area (Å²) in [7, 11) is 0. The Morgan fingerprint density at radius 3 is 2.46 bits per heavy atom. The van der Waals surface area contributed by atoms with Crippen molar-refractivity contribution in [2.75, 3.05) is 6.61 Å². The van der Waals surface area contributed by atoms with Gasteiger partial charge in [-0.1, -0.05) is 37.0 Å². The Morgan fingerprint density at radius 1 is 1.29 bits per heavy atom. The molecule has 0 spiro atoms. The summed E-state index contributed by atoms with van der Waals surface area (Å²) in [6, 6.07) is 3.50. The average molecular weight is 387 g/mol. The van der Waals surface area contributed by atoms with Crippen molar-refractivity contribution in [3.05, 3.63) is 38.3 Å². The van der Waals surface area contributed by atoms with Crippen LogP contribution in [-0.2, 0) is 0 Å². The van der Waals surface area contributed by atoms with Crippen molar-refractivity contribution in [2.24, 2.45) is 5.10 Å². The minimum absolute atomic E-state index is 0.294. The molecule has 1 N–H and O–H groups in total. The zero-order valence-corrected chi connectivity index (χ0v) is 16.2. The summed E-state index contributed by atoms with van der Waals surface area (Å²) < 4.78 is 7.53. The van der Waals surface area contributed by atoms with Gasteiger partial charge in [-0.25, -0.2) is 0 Å². The molecular weight excluding hydrogens is 367 g/mol. The van der Waals surface area contributed by atoms with E-state index in [0.29, 0.717) is 33.1 Å². The van der Waals surface area contributed by atoms with E-state index in [2.05, 4.69) is 29.1 Å². The topological polar surface area (TPSA) is 55.2 Å². The Kier molecular flexibility index (Phi) is 6.83. The molecule has 0 saturated heterocycles. The molecule has 0 amide bonds. The van der Waals surface area contributed by atoms with Gasteiger partial charge in [0.15, 0.2) is 11.6 Å². The smallest absolute Gasteiger partial charge is 0.216 e. The second kappa shape index (κ2) is 8.65. The zero-order valence-electron chi connectivity index (χ0n) is 13.8. The van der Waals surface area contributed by atoms with Crippen molar-refractivity contribution in [3.63, 3.8) is 0 Å². The van der Waals surface area contributed by atoms with Crippen LogP contribution in [0.5, 0.6) is 5.75 Å². The summed E-state index contributed by atoms with van der Waals surface area (Å²) in [6.07, 6.45) is 3.59. The molecule has 0 saturated carbocycles. The molecule has 0 radical (unpaired) electrons.